The lowest BCUT2D eigenvalue weighted by Crippen LogP contribution is -2.45. The molecule has 49 heavy (non-hydrogen) atoms. The van der Waals surface area contributed by atoms with Crippen LogP contribution in [0.1, 0.15) is 108 Å². The van der Waals surface area contributed by atoms with Gasteiger partial charge in [0.1, 0.15) is 23.4 Å². The number of nitrogens with zero attached hydrogens (tertiary/aromatic N) is 4. The first-order valence-corrected chi connectivity index (χ1v) is 16.9. The number of ether oxygens (including phenoxy) is 3. The van der Waals surface area contributed by atoms with E-state index < -0.39 is 41.4 Å². The molecule has 12 nitrogen and oxygen atoms in total. The van der Waals surface area contributed by atoms with Gasteiger partial charge in [-0.25, -0.2) is 14.0 Å². The summed E-state index contributed by atoms with van der Waals surface area (Å²) in [6, 6.07) is 7.42. The number of hydrogen-bond acceptors (Lipinski definition) is 7. The number of anilines is 2. The summed E-state index contributed by atoms with van der Waals surface area (Å²) in [7, 11) is 1.52. The average molecular weight is 684 g/mol. The highest BCUT2D eigenvalue weighted by Gasteiger charge is 2.32. The SMILES string of the molecule is CCOC(C)OC(C)c1nn(-c2cc(OC(C)C3CCCCC3)c(C(=O)Nc3c(C)cccc3N(C(=O)O)C(C)(C)C)cc2F)c(=O)n1C. The summed E-state index contributed by atoms with van der Waals surface area (Å²) in [4.78, 5) is 41.0. The van der Waals surface area contributed by atoms with Crippen molar-refractivity contribution >= 4 is 23.4 Å². The van der Waals surface area contributed by atoms with E-state index in [1.54, 1.807) is 59.7 Å². The van der Waals surface area contributed by atoms with Crippen LogP contribution in [0.2, 0.25) is 0 Å². The van der Waals surface area contributed by atoms with Gasteiger partial charge in [0, 0.05) is 25.3 Å². The monoisotopic (exact) mass is 683 g/mol. The minimum atomic E-state index is -1.19. The lowest BCUT2D eigenvalue weighted by atomic mass is 9.86. The Morgan fingerprint density at radius 2 is 1.82 bits per heavy atom. The van der Waals surface area contributed by atoms with E-state index in [1.807, 2.05) is 13.8 Å². The second-order valence-electron chi connectivity index (χ2n) is 13.6. The molecule has 4 rings (SSSR count). The van der Waals surface area contributed by atoms with Crippen LogP contribution in [0.4, 0.5) is 20.6 Å². The van der Waals surface area contributed by atoms with Gasteiger partial charge in [0.2, 0.25) is 0 Å². The predicted octanol–water partition coefficient (Wildman–Crippen LogP) is 7.36. The van der Waals surface area contributed by atoms with Crippen molar-refractivity contribution in [2.24, 2.45) is 13.0 Å². The summed E-state index contributed by atoms with van der Waals surface area (Å²) in [5.41, 5.74) is -0.610. The largest absolute Gasteiger partial charge is 0.490 e. The molecule has 13 heteroatoms. The number of para-hydroxylation sites is 1. The molecule has 2 aromatic carbocycles. The number of amides is 2. The van der Waals surface area contributed by atoms with E-state index >= 15 is 4.39 Å². The molecule has 1 fully saturated rings. The second kappa shape index (κ2) is 15.5. The van der Waals surface area contributed by atoms with Gasteiger partial charge in [-0.1, -0.05) is 31.4 Å². The summed E-state index contributed by atoms with van der Waals surface area (Å²) in [6.45, 7) is 14.7. The normalized spacial score (nSPS) is 15.8. The first kappa shape index (κ1) is 37.6. The Hall–Kier alpha value is -4.23. The van der Waals surface area contributed by atoms with E-state index in [9.17, 15) is 19.5 Å². The van der Waals surface area contributed by atoms with Gasteiger partial charge in [0.15, 0.2) is 12.1 Å². The molecule has 2 N–H and O–H groups in total. The zero-order chi connectivity index (χ0) is 36.2. The van der Waals surface area contributed by atoms with Gasteiger partial charge in [-0.2, -0.15) is 4.68 Å². The number of aromatic nitrogens is 3. The maximum atomic E-state index is 16.1. The number of nitrogens with one attached hydrogen (secondary N) is 1. The molecule has 1 saturated carbocycles. The number of rotatable bonds is 12. The Morgan fingerprint density at radius 3 is 2.43 bits per heavy atom. The maximum absolute atomic E-state index is 16.1. The highest BCUT2D eigenvalue weighted by molar-refractivity contribution is 6.09. The molecule has 0 aliphatic heterocycles. The van der Waals surface area contributed by atoms with E-state index in [2.05, 4.69) is 10.4 Å². The Bertz CT molecular complexity index is 1710. The highest BCUT2D eigenvalue weighted by Crippen LogP contribution is 2.36. The van der Waals surface area contributed by atoms with Crippen LogP contribution in [-0.2, 0) is 16.5 Å². The van der Waals surface area contributed by atoms with Crippen LogP contribution in [0, 0.1) is 18.7 Å². The van der Waals surface area contributed by atoms with Crippen LogP contribution >= 0.6 is 0 Å². The van der Waals surface area contributed by atoms with Gasteiger partial charge in [-0.3, -0.25) is 14.3 Å². The van der Waals surface area contributed by atoms with Crippen molar-refractivity contribution in [2.45, 2.75) is 112 Å². The van der Waals surface area contributed by atoms with E-state index in [0.717, 1.165) is 42.9 Å². The van der Waals surface area contributed by atoms with Gasteiger partial charge in [-0.05, 0) is 91.8 Å². The van der Waals surface area contributed by atoms with Crippen LogP contribution in [0.3, 0.4) is 0 Å². The fourth-order valence-electron chi connectivity index (χ4n) is 6.40. The maximum Gasteiger partial charge on any atom is 0.412 e. The minimum Gasteiger partial charge on any atom is -0.490 e. The molecule has 0 bridgehead atoms. The van der Waals surface area contributed by atoms with Crippen LogP contribution < -0.4 is 20.6 Å². The number of aryl methyl sites for hydroxylation is 1. The topological polar surface area (TPSA) is 137 Å². The molecule has 268 valence electrons. The predicted molar refractivity (Wildman–Crippen MR) is 185 cm³/mol. The van der Waals surface area contributed by atoms with Gasteiger partial charge in [0.25, 0.3) is 5.91 Å². The number of carbonyl (C=O) groups excluding carboxylic acids is 1. The van der Waals surface area contributed by atoms with E-state index in [-0.39, 0.29) is 46.2 Å². The quantitative estimate of drug-likeness (QED) is 0.189. The Labute approximate surface area is 287 Å². The second-order valence-corrected chi connectivity index (χ2v) is 13.6. The van der Waals surface area contributed by atoms with E-state index in [4.69, 9.17) is 14.2 Å². The Kier molecular flexibility index (Phi) is 11.9. The Morgan fingerprint density at radius 1 is 1.14 bits per heavy atom. The third kappa shape index (κ3) is 8.50. The van der Waals surface area contributed by atoms with Crippen LogP contribution in [0.15, 0.2) is 35.1 Å². The summed E-state index contributed by atoms with van der Waals surface area (Å²) in [5.74, 6) is -1.03. The van der Waals surface area contributed by atoms with Gasteiger partial charge < -0.3 is 24.6 Å². The zero-order valence-electron chi connectivity index (χ0n) is 30.0. The molecule has 1 aromatic heterocycles. The molecule has 3 unspecified atom stereocenters. The molecule has 3 atom stereocenters. The van der Waals surface area contributed by atoms with E-state index in [0.29, 0.717) is 12.2 Å². The molecule has 0 spiro atoms. The molecular formula is C36H50FN5O7. The molecule has 1 aliphatic rings. The smallest absolute Gasteiger partial charge is 0.412 e. The third-order valence-corrected chi connectivity index (χ3v) is 8.92. The van der Waals surface area contributed by atoms with Gasteiger partial charge >= 0.3 is 11.8 Å². The van der Waals surface area contributed by atoms with Gasteiger partial charge in [0.05, 0.1) is 23.0 Å². The first-order valence-electron chi connectivity index (χ1n) is 16.9. The summed E-state index contributed by atoms with van der Waals surface area (Å²) >= 11 is 0. The van der Waals surface area contributed by atoms with Crippen LogP contribution in [0.25, 0.3) is 5.69 Å². The average Bonchev–Trinajstić information content (AvgIpc) is 3.32. The molecule has 3 aromatic rings. The van der Waals surface area contributed by atoms with Crippen molar-refractivity contribution in [2.75, 3.05) is 16.8 Å². The fourth-order valence-corrected chi connectivity index (χ4v) is 6.40. The van der Waals surface area contributed by atoms with Crippen molar-refractivity contribution in [3.05, 3.63) is 63.6 Å². The molecule has 0 radical (unpaired) electrons. The molecule has 1 aliphatic carbocycles. The number of carbonyl (C=O) groups is 2. The number of benzene rings is 2. The summed E-state index contributed by atoms with van der Waals surface area (Å²) in [5, 5.41) is 17.4. The molecule has 1 heterocycles. The molecule has 0 saturated heterocycles. The van der Waals surface area contributed by atoms with Crippen LogP contribution in [0.5, 0.6) is 5.75 Å². The number of halogens is 1. The van der Waals surface area contributed by atoms with Crippen molar-refractivity contribution in [3.8, 4) is 11.4 Å². The van der Waals surface area contributed by atoms with Crippen molar-refractivity contribution < 1.29 is 33.3 Å². The van der Waals surface area contributed by atoms with Crippen molar-refractivity contribution in [1.29, 1.82) is 0 Å². The highest BCUT2D eigenvalue weighted by atomic mass is 19.1. The first-order chi connectivity index (χ1) is 23.0. The lowest BCUT2D eigenvalue weighted by molar-refractivity contribution is -0.156. The number of hydrogen-bond donors (Lipinski definition) is 2. The molecule has 2 amide bonds. The molecular weight excluding hydrogens is 633 g/mol. The van der Waals surface area contributed by atoms with Crippen molar-refractivity contribution in [1.82, 2.24) is 14.3 Å². The lowest BCUT2D eigenvalue weighted by Gasteiger charge is -2.35. The minimum absolute atomic E-state index is 0.0707. The standard InChI is InChI=1S/C36H50FN5O7/c1-10-47-24(5)48-23(4)32-39-42(34(44)40(32)9)29-20-30(49-22(3)25-16-12-11-13-17-25)26(19-27(29)37)33(43)38-31-21(2)15-14-18-28(31)41(35(45)46)36(6,7)8/h14-15,18-20,22-25H,10-13,16-17H2,1-9H3,(H,38,43)(H,45,46). The fraction of sp³-hybridized carbons (Fsp3) is 0.556. The zero-order valence-corrected chi connectivity index (χ0v) is 30.0. The summed E-state index contributed by atoms with van der Waals surface area (Å²) < 4.78 is 36.1. The van der Waals surface area contributed by atoms with Crippen molar-refractivity contribution in [3.63, 3.8) is 0 Å². The Balaban J connectivity index is 1.80. The van der Waals surface area contributed by atoms with E-state index in [1.165, 1.54) is 22.6 Å². The number of carboxylic acid groups (broad SMARTS) is 1. The summed E-state index contributed by atoms with van der Waals surface area (Å²) in [6.07, 6.45) is 2.48. The third-order valence-electron chi connectivity index (χ3n) is 8.92. The van der Waals surface area contributed by atoms with Crippen LogP contribution in [-0.4, -0.2) is 56.0 Å². The van der Waals surface area contributed by atoms with Gasteiger partial charge in [-0.15, -0.1) is 5.10 Å².